The Morgan fingerprint density at radius 3 is 2.42 bits per heavy atom. The molecular weight excluding hydrogens is 360 g/mol. The molecule has 0 aliphatic carbocycles. The largest absolute Gasteiger partial charge is 0.316 e. The van der Waals surface area contributed by atoms with Crippen LogP contribution in [0.4, 0.5) is 5.69 Å². The third kappa shape index (κ3) is 3.03. The van der Waals surface area contributed by atoms with Crippen molar-refractivity contribution in [1.29, 1.82) is 0 Å². The van der Waals surface area contributed by atoms with E-state index >= 15 is 0 Å². The fourth-order valence-corrected chi connectivity index (χ4v) is 3.00. The van der Waals surface area contributed by atoms with E-state index in [2.05, 4.69) is 80.1 Å². The first-order valence-electron chi connectivity index (χ1n) is 7.76. The smallest absolute Gasteiger partial charge is 0.0639 e. The molecule has 2 nitrogen and oxygen atoms in total. The highest BCUT2D eigenvalue weighted by molar-refractivity contribution is 9.10. The van der Waals surface area contributed by atoms with Crippen molar-refractivity contribution in [3.8, 4) is 5.69 Å². The van der Waals surface area contributed by atoms with Gasteiger partial charge in [0.2, 0.25) is 0 Å². The summed E-state index contributed by atoms with van der Waals surface area (Å²) < 4.78 is 3.20. The standard InChI is InChI=1S/C21H15BrN2/c22-18-8-11-20(12-9-18)24-13-3-6-21(24)15-23-19-10-7-16-4-1-2-5-17(16)14-19/h1-15H. The molecule has 0 spiro atoms. The molecule has 0 saturated carbocycles. The average molecular weight is 375 g/mol. The molecule has 0 amide bonds. The number of aromatic nitrogens is 1. The molecule has 1 heterocycles. The zero-order valence-electron chi connectivity index (χ0n) is 12.9. The lowest BCUT2D eigenvalue weighted by Gasteiger charge is -2.06. The van der Waals surface area contributed by atoms with Gasteiger partial charge in [-0.25, -0.2) is 0 Å². The van der Waals surface area contributed by atoms with E-state index in [1.807, 2.05) is 36.7 Å². The van der Waals surface area contributed by atoms with Gasteiger partial charge in [0, 0.05) is 16.4 Å². The molecule has 4 aromatic rings. The van der Waals surface area contributed by atoms with Gasteiger partial charge < -0.3 is 4.57 Å². The molecule has 0 radical (unpaired) electrons. The minimum Gasteiger partial charge on any atom is -0.316 e. The Labute approximate surface area is 149 Å². The van der Waals surface area contributed by atoms with E-state index in [9.17, 15) is 0 Å². The lowest BCUT2D eigenvalue weighted by Crippen LogP contribution is -1.97. The molecule has 0 unspecified atom stereocenters. The van der Waals surface area contributed by atoms with E-state index in [0.29, 0.717) is 0 Å². The lowest BCUT2D eigenvalue weighted by atomic mass is 10.1. The van der Waals surface area contributed by atoms with Gasteiger partial charge >= 0.3 is 0 Å². The van der Waals surface area contributed by atoms with Crippen LogP contribution >= 0.6 is 15.9 Å². The number of hydrogen-bond acceptors (Lipinski definition) is 1. The predicted octanol–water partition coefficient (Wildman–Crippen LogP) is 6.14. The summed E-state index contributed by atoms with van der Waals surface area (Å²) in [6.07, 6.45) is 3.96. The third-order valence-electron chi connectivity index (χ3n) is 3.96. The topological polar surface area (TPSA) is 17.3 Å². The molecule has 116 valence electrons. The predicted molar refractivity (Wildman–Crippen MR) is 105 cm³/mol. The molecule has 24 heavy (non-hydrogen) atoms. The first-order chi connectivity index (χ1) is 11.8. The number of rotatable bonds is 3. The van der Waals surface area contributed by atoms with E-state index in [1.165, 1.54) is 10.8 Å². The Morgan fingerprint density at radius 2 is 1.58 bits per heavy atom. The minimum atomic E-state index is 0.956. The van der Waals surface area contributed by atoms with E-state index in [0.717, 1.165) is 21.5 Å². The molecule has 0 bridgehead atoms. The van der Waals surface area contributed by atoms with E-state index < -0.39 is 0 Å². The molecular formula is C21H15BrN2. The number of nitrogens with zero attached hydrogens (tertiary/aromatic N) is 2. The van der Waals surface area contributed by atoms with Crippen molar-refractivity contribution in [2.75, 3.05) is 0 Å². The summed E-state index contributed by atoms with van der Waals surface area (Å²) in [7, 11) is 0. The van der Waals surface area contributed by atoms with E-state index in [4.69, 9.17) is 0 Å². The second kappa shape index (κ2) is 6.46. The lowest BCUT2D eigenvalue weighted by molar-refractivity contribution is 1.07. The van der Waals surface area contributed by atoms with Crippen LogP contribution in [0.15, 0.2) is 94.5 Å². The highest BCUT2D eigenvalue weighted by Crippen LogP contribution is 2.21. The highest BCUT2D eigenvalue weighted by Gasteiger charge is 2.01. The van der Waals surface area contributed by atoms with Crippen LogP contribution in [-0.4, -0.2) is 10.8 Å². The minimum absolute atomic E-state index is 0.956. The highest BCUT2D eigenvalue weighted by atomic mass is 79.9. The van der Waals surface area contributed by atoms with Gasteiger partial charge in [-0.3, -0.25) is 4.99 Å². The van der Waals surface area contributed by atoms with Gasteiger partial charge in [0.05, 0.1) is 17.6 Å². The summed E-state index contributed by atoms with van der Waals surface area (Å²) in [4.78, 5) is 4.65. The number of fused-ring (bicyclic) bond motifs is 1. The maximum Gasteiger partial charge on any atom is 0.0639 e. The zero-order valence-corrected chi connectivity index (χ0v) is 14.5. The van der Waals surface area contributed by atoms with Crippen molar-refractivity contribution in [2.45, 2.75) is 0 Å². The van der Waals surface area contributed by atoms with Gasteiger partial charge in [-0.1, -0.05) is 46.3 Å². The van der Waals surface area contributed by atoms with Gasteiger partial charge in [0.1, 0.15) is 0 Å². The Hall–Kier alpha value is -2.65. The van der Waals surface area contributed by atoms with Gasteiger partial charge in [-0.2, -0.15) is 0 Å². The first-order valence-corrected chi connectivity index (χ1v) is 8.55. The molecule has 0 aliphatic rings. The maximum atomic E-state index is 4.65. The maximum absolute atomic E-state index is 4.65. The first kappa shape index (κ1) is 14.9. The molecule has 3 aromatic carbocycles. The number of aliphatic imine (C=N–C) groups is 1. The van der Waals surface area contributed by atoms with Crippen LogP contribution in [0.25, 0.3) is 16.5 Å². The average Bonchev–Trinajstić information content (AvgIpc) is 3.09. The number of halogens is 1. The summed E-state index contributed by atoms with van der Waals surface area (Å²) in [5.41, 5.74) is 3.12. The molecule has 0 aliphatic heterocycles. The molecule has 0 N–H and O–H groups in total. The number of benzene rings is 3. The van der Waals surface area contributed by atoms with Crippen LogP contribution in [-0.2, 0) is 0 Å². The fraction of sp³-hybridized carbons (Fsp3) is 0. The van der Waals surface area contributed by atoms with E-state index in [-0.39, 0.29) is 0 Å². The molecule has 0 atom stereocenters. The van der Waals surface area contributed by atoms with Crippen molar-refractivity contribution in [3.63, 3.8) is 0 Å². The van der Waals surface area contributed by atoms with E-state index in [1.54, 1.807) is 0 Å². The Kier molecular flexibility index (Phi) is 4.01. The summed E-state index contributed by atoms with van der Waals surface area (Å²) >= 11 is 3.47. The summed E-state index contributed by atoms with van der Waals surface area (Å²) in [5.74, 6) is 0. The molecule has 0 fully saturated rings. The van der Waals surface area contributed by atoms with Crippen molar-refractivity contribution < 1.29 is 0 Å². The van der Waals surface area contributed by atoms with Gasteiger partial charge in [-0.15, -0.1) is 0 Å². The summed E-state index contributed by atoms with van der Waals surface area (Å²) in [5, 5.41) is 2.44. The van der Waals surface area contributed by atoms with Crippen LogP contribution < -0.4 is 0 Å². The van der Waals surface area contributed by atoms with Gasteiger partial charge in [-0.05, 0) is 59.3 Å². The molecule has 1 aromatic heterocycles. The van der Waals surface area contributed by atoms with Crippen molar-refractivity contribution in [3.05, 3.63) is 95.2 Å². The van der Waals surface area contributed by atoms with Gasteiger partial charge in [0.15, 0.2) is 0 Å². The monoisotopic (exact) mass is 374 g/mol. The van der Waals surface area contributed by atoms with Crippen LogP contribution in [0.3, 0.4) is 0 Å². The quantitative estimate of drug-likeness (QED) is 0.383. The number of hydrogen-bond donors (Lipinski definition) is 0. The fourth-order valence-electron chi connectivity index (χ4n) is 2.73. The van der Waals surface area contributed by atoms with Crippen molar-refractivity contribution in [2.24, 2.45) is 4.99 Å². The Bertz CT molecular complexity index is 1010. The van der Waals surface area contributed by atoms with Gasteiger partial charge in [0.25, 0.3) is 0 Å². The third-order valence-corrected chi connectivity index (χ3v) is 4.49. The van der Waals surface area contributed by atoms with Crippen molar-refractivity contribution >= 4 is 38.6 Å². The summed E-state index contributed by atoms with van der Waals surface area (Å²) in [6, 6.07) is 26.9. The normalized spacial score (nSPS) is 11.4. The Morgan fingerprint density at radius 1 is 0.792 bits per heavy atom. The molecule has 4 rings (SSSR count). The van der Waals surface area contributed by atoms with Crippen LogP contribution in [0.2, 0.25) is 0 Å². The van der Waals surface area contributed by atoms with Crippen LogP contribution in [0.5, 0.6) is 0 Å². The second-order valence-corrected chi connectivity index (χ2v) is 6.48. The molecule has 3 heteroatoms. The molecule has 0 saturated heterocycles. The zero-order chi connectivity index (χ0) is 16.4. The Balaban J connectivity index is 1.66. The summed E-state index contributed by atoms with van der Waals surface area (Å²) in [6.45, 7) is 0. The van der Waals surface area contributed by atoms with Crippen LogP contribution in [0, 0.1) is 0 Å². The SMILES string of the molecule is Brc1ccc(-n2cccc2C=Nc2ccc3ccccc3c2)cc1. The second-order valence-electron chi connectivity index (χ2n) is 5.57. The van der Waals surface area contributed by atoms with Crippen molar-refractivity contribution in [1.82, 2.24) is 4.57 Å². The van der Waals surface area contributed by atoms with Crippen LogP contribution in [0.1, 0.15) is 5.69 Å².